The van der Waals surface area contributed by atoms with Crippen LogP contribution in [-0.2, 0) is 16.6 Å². The van der Waals surface area contributed by atoms with E-state index < -0.39 is 5.91 Å². The summed E-state index contributed by atoms with van der Waals surface area (Å²) in [7, 11) is 0. The van der Waals surface area contributed by atoms with Gasteiger partial charge in [0.25, 0.3) is 5.91 Å². The zero-order valence-corrected chi connectivity index (χ0v) is 19.0. The normalized spacial score (nSPS) is 11.7. The van der Waals surface area contributed by atoms with E-state index in [1.807, 2.05) is 13.8 Å². The summed E-state index contributed by atoms with van der Waals surface area (Å²) in [6.07, 6.45) is 2.47. The molecular formula is C22H29N7O3. The highest BCUT2D eigenvalue weighted by atomic mass is 16.5. The van der Waals surface area contributed by atoms with Gasteiger partial charge in [0.05, 0.1) is 12.1 Å². The van der Waals surface area contributed by atoms with E-state index in [1.165, 1.54) is 6.20 Å². The second kappa shape index (κ2) is 8.81. The number of pyridine rings is 1. The summed E-state index contributed by atoms with van der Waals surface area (Å²) in [4.78, 5) is 28.7. The Morgan fingerprint density at radius 2 is 2.00 bits per heavy atom. The van der Waals surface area contributed by atoms with E-state index in [0.717, 1.165) is 12.1 Å². The lowest BCUT2D eigenvalue weighted by molar-refractivity contribution is -0.115. The molecule has 0 aromatic carbocycles. The molecule has 3 aromatic rings. The fraction of sp³-hybridized carbons (Fsp3) is 0.409. The molecule has 0 radical (unpaired) electrons. The van der Waals surface area contributed by atoms with Crippen LogP contribution >= 0.6 is 0 Å². The first kappa shape index (κ1) is 23.0. The highest BCUT2D eigenvalue weighted by Crippen LogP contribution is 2.29. The Balaban J connectivity index is 1.74. The van der Waals surface area contributed by atoms with Crippen molar-refractivity contribution in [2.45, 2.75) is 58.9 Å². The van der Waals surface area contributed by atoms with Gasteiger partial charge in [-0.15, -0.1) is 0 Å². The number of rotatable bonds is 8. The van der Waals surface area contributed by atoms with Gasteiger partial charge in [-0.05, 0) is 32.4 Å². The molecule has 0 bridgehead atoms. The van der Waals surface area contributed by atoms with Crippen molar-refractivity contribution >= 4 is 23.5 Å². The number of aromatic nitrogens is 4. The number of nitrogens with one attached hydrogen (secondary N) is 1. The van der Waals surface area contributed by atoms with E-state index in [-0.39, 0.29) is 35.2 Å². The number of nitrogen functional groups attached to an aromatic ring is 1. The molecule has 0 spiro atoms. The average molecular weight is 440 g/mol. The molecule has 10 heteroatoms. The van der Waals surface area contributed by atoms with Gasteiger partial charge >= 0.3 is 0 Å². The Hall–Kier alpha value is -3.69. The molecule has 0 saturated carbocycles. The number of primary amides is 1. The van der Waals surface area contributed by atoms with Crippen LogP contribution in [0.4, 0.5) is 11.7 Å². The van der Waals surface area contributed by atoms with Gasteiger partial charge in [0.1, 0.15) is 17.1 Å². The molecule has 3 aromatic heterocycles. The van der Waals surface area contributed by atoms with Gasteiger partial charge < -0.3 is 16.0 Å². The Morgan fingerprint density at radius 3 is 2.56 bits per heavy atom. The summed E-state index contributed by atoms with van der Waals surface area (Å²) in [6, 6.07) is 5.11. The van der Waals surface area contributed by atoms with Crippen LogP contribution in [0.2, 0.25) is 0 Å². The first-order chi connectivity index (χ1) is 15.0. The van der Waals surface area contributed by atoms with E-state index in [4.69, 9.17) is 16.0 Å². The van der Waals surface area contributed by atoms with Crippen molar-refractivity contribution in [1.29, 1.82) is 0 Å². The molecule has 170 valence electrons. The lowest BCUT2D eigenvalue weighted by Gasteiger charge is -2.18. The van der Waals surface area contributed by atoms with Crippen molar-refractivity contribution in [1.82, 2.24) is 19.9 Å². The molecular weight excluding hydrogens is 410 g/mol. The SMILES string of the molecule is CCC(C)(C)c1cc(NC(=O)Cc2ccc(-c3nn(C(C)C)c(N)c3C(N)=O)cn2)on1. The van der Waals surface area contributed by atoms with Gasteiger partial charge in [0.15, 0.2) is 0 Å². The van der Waals surface area contributed by atoms with Crippen LogP contribution in [0.15, 0.2) is 28.9 Å². The maximum atomic E-state index is 12.4. The van der Waals surface area contributed by atoms with Crippen LogP contribution in [0.1, 0.15) is 68.8 Å². The summed E-state index contributed by atoms with van der Waals surface area (Å²) >= 11 is 0. The predicted molar refractivity (Wildman–Crippen MR) is 121 cm³/mol. The van der Waals surface area contributed by atoms with Gasteiger partial charge in [0, 0.05) is 35.0 Å². The first-order valence-electron chi connectivity index (χ1n) is 10.4. The maximum absolute atomic E-state index is 12.4. The maximum Gasteiger partial charge on any atom is 0.254 e. The Bertz CT molecular complexity index is 1130. The first-order valence-corrected chi connectivity index (χ1v) is 10.4. The third-order valence-corrected chi connectivity index (χ3v) is 5.47. The molecule has 32 heavy (non-hydrogen) atoms. The fourth-order valence-corrected chi connectivity index (χ4v) is 3.14. The molecule has 0 fully saturated rings. The van der Waals surface area contributed by atoms with Crippen molar-refractivity contribution in [2.75, 3.05) is 11.1 Å². The third kappa shape index (κ3) is 4.63. The van der Waals surface area contributed by atoms with E-state index in [2.05, 4.69) is 41.3 Å². The summed E-state index contributed by atoms with van der Waals surface area (Å²) in [5.74, 6) is -0.438. The van der Waals surface area contributed by atoms with Crippen LogP contribution in [0.5, 0.6) is 0 Å². The highest BCUT2D eigenvalue weighted by molar-refractivity contribution is 6.03. The largest absolute Gasteiger partial charge is 0.383 e. The van der Waals surface area contributed by atoms with Gasteiger partial charge in [-0.2, -0.15) is 5.10 Å². The van der Waals surface area contributed by atoms with Gasteiger partial charge in [0.2, 0.25) is 11.8 Å². The fourth-order valence-electron chi connectivity index (χ4n) is 3.14. The van der Waals surface area contributed by atoms with Crippen LogP contribution in [0.3, 0.4) is 0 Å². The Labute approximate surface area is 186 Å². The molecule has 2 amide bonds. The zero-order valence-electron chi connectivity index (χ0n) is 19.0. The van der Waals surface area contributed by atoms with E-state index >= 15 is 0 Å². The zero-order chi connectivity index (χ0) is 23.6. The summed E-state index contributed by atoms with van der Waals surface area (Å²) in [5.41, 5.74) is 13.9. The van der Waals surface area contributed by atoms with Crippen molar-refractivity contribution in [3.05, 3.63) is 41.3 Å². The van der Waals surface area contributed by atoms with Crippen LogP contribution in [0, 0.1) is 0 Å². The van der Waals surface area contributed by atoms with Crippen molar-refractivity contribution in [3.63, 3.8) is 0 Å². The third-order valence-electron chi connectivity index (χ3n) is 5.47. The minimum Gasteiger partial charge on any atom is -0.383 e. The Kier molecular flexibility index (Phi) is 6.33. The van der Waals surface area contributed by atoms with Gasteiger partial charge in [-0.3, -0.25) is 19.9 Å². The van der Waals surface area contributed by atoms with Crippen LogP contribution in [-0.4, -0.2) is 31.7 Å². The molecule has 0 aliphatic rings. The number of carbonyl (C=O) groups excluding carboxylic acids is 2. The topological polar surface area (TPSA) is 155 Å². The van der Waals surface area contributed by atoms with Crippen molar-refractivity contribution < 1.29 is 14.1 Å². The van der Waals surface area contributed by atoms with E-state index in [0.29, 0.717) is 22.8 Å². The second-order valence-corrected chi connectivity index (χ2v) is 8.59. The van der Waals surface area contributed by atoms with Crippen LogP contribution < -0.4 is 16.8 Å². The minimum atomic E-state index is -0.662. The molecule has 10 nitrogen and oxygen atoms in total. The second-order valence-electron chi connectivity index (χ2n) is 8.59. The Morgan fingerprint density at radius 1 is 1.28 bits per heavy atom. The van der Waals surface area contributed by atoms with Gasteiger partial charge in [-0.25, -0.2) is 4.68 Å². The summed E-state index contributed by atoms with van der Waals surface area (Å²) < 4.78 is 6.78. The average Bonchev–Trinajstić information content (AvgIpc) is 3.33. The monoisotopic (exact) mass is 439 g/mol. The number of amides is 2. The lowest BCUT2D eigenvalue weighted by atomic mass is 9.87. The number of carbonyl (C=O) groups is 2. The molecule has 0 aliphatic carbocycles. The molecule has 3 heterocycles. The quantitative estimate of drug-likeness (QED) is 0.487. The lowest BCUT2D eigenvalue weighted by Crippen LogP contribution is -2.16. The van der Waals surface area contributed by atoms with Crippen molar-refractivity contribution in [2.24, 2.45) is 5.73 Å². The van der Waals surface area contributed by atoms with Crippen LogP contribution in [0.25, 0.3) is 11.3 Å². The predicted octanol–water partition coefficient (Wildman–Crippen LogP) is 3.06. The summed E-state index contributed by atoms with van der Waals surface area (Å²) in [6.45, 7) is 9.99. The van der Waals surface area contributed by atoms with E-state index in [9.17, 15) is 9.59 Å². The molecule has 0 unspecified atom stereocenters. The summed E-state index contributed by atoms with van der Waals surface area (Å²) in [5, 5.41) is 11.2. The number of nitrogens with two attached hydrogens (primary N) is 2. The molecule has 0 aliphatic heterocycles. The number of anilines is 2. The minimum absolute atomic E-state index is 0.0404. The smallest absolute Gasteiger partial charge is 0.254 e. The van der Waals surface area contributed by atoms with Crippen molar-refractivity contribution in [3.8, 4) is 11.3 Å². The molecule has 0 saturated heterocycles. The molecule has 0 atom stereocenters. The van der Waals surface area contributed by atoms with Gasteiger partial charge in [-0.1, -0.05) is 25.9 Å². The highest BCUT2D eigenvalue weighted by Gasteiger charge is 2.24. The van der Waals surface area contributed by atoms with E-state index in [1.54, 1.807) is 22.9 Å². The number of hydrogen-bond acceptors (Lipinski definition) is 7. The molecule has 3 rings (SSSR count). The standard InChI is InChI=1S/C22H29N7O3/c1-6-22(4,5)15-10-17(32-28-15)26-16(30)9-14-8-7-13(11-25-14)19-18(21(24)31)20(23)29(27-19)12(2)3/h7-8,10-12H,6,9,23H2,1-5H3,(H2,24,31)(H,26,30). The number of nitrogens with zero attached hydrogens (tertiary/aromatic N) is 4. The molecule has 5 N–H and O–H groups in total. The number of hydrogen-bond donors (Lipinski definition) is 3.